The Morgan fingerprint density at radius 1 is 1.62 bits per heavy atom. The van der Waals surface area contributed by atoms with Crippen LogP contribution in [0.5, 0.6) is 0 Å². The van der Waals surface area contributed by atoms with E-state index in [1.807, 2.05) is 0 Å². The summed E-state index contributed by atoms with van der Waals surface area (Å²) < 4.78 is 5.44. The van der Waals surface area contributed by atoms with Crippen LogP contribution in [0.2, 0.25) is 0 Å². The van der Waals surface area contributed by atoms with Crippen molar-refractivity contribution >= 4 is 12.2 Å². The quantitative estimate of drug-likeness (QED) is 0.497. The molecule has 0 aromatic carbocycles. The van der Waals surface area contributed by atoms with Crippen LogP contribution in [0.3, 0.4) is 0 Å². The van der Waals surface area contributed by atoms with Gasteiger partial charge in [0.15, 0.2) is 0 Å². The van der Waals surface area contributed by atoms with Crippen LogP contribution in [-0.2, 0) is 4.74 Å². The second kappa shape index (κ2) is 5.53. The number of ether oxygens (including phenoxy) is 1. The first-order chi connectivity index (χ1) is 6.29. The minimum absolute atomic E-state index is 0.375. The zero-order valence-corrected chi connectivity index (χ0v) is 7.53. The van der Waals surface area contributed by atoms with Crippen molar-refractivity contribution < 1.29 is 9.53 Å². The van der Waals surface area contributed by atoms with Gasteiger partial charge in [0, 0.05) is 0 Å². The van der Waals surface area contributed by atoms with E-state index >= 15 is 0 Å². The van der Waals surface area contributed by atoms with Gasteiger partial charge in [0.25, 0.3) is 0 Å². The molecule has 2 amide bonds. The molecule has 0 bridgehead atoms. The topological polar surface area (TPSA) is 76.7 Å². The second-order valence-electron chi connectivity index (χ2n) is 3.03. The number of hydrazone groups is 1. The first-order valence-corrected chi connectivity index (χ1v) is 4.47. The first kappa shape index (κ1) is 9.98. The molecule has 3 N–H and O–H groups in total. The summed E-state index contributed by atoms with van der Waals surface area (Å²) in [4.78, 5) is 10.2. The standard InChI is InChI=1S/C8H15N3O2/c9-8(12)11-10-5-6-13-7-3-1-2-4-7/h5,7H,1-4,6H2,(H3,9,11,12). The van der Waals surface area contributed by atoms with Crippen LogP contribution >= 0.6 is 0 Å². The molecule has 0 aliphatic heterocycles. The lowest BCUT2D eigenvalue weighted by Gasteiger charge is -2.07. The number of nitrogens with one attached hydrogen (secondary N) is 1. The van der Waals surface area contributed by atoms with Gasteiger partial charge >= 0.3 is 6.03 Å². The fourth-order valence-corrected chi connectivity index (χ4v) is 1.38. The minimum atomic E-state index is -0.655. The number of primary amides is 1. The molecule has 1 aliphatic carbocycles. The van der Waals surface area contributed by atoms with E-state index in [9.17, 15) is 4.79 Å². The number of rotatable bonds is 4. The van der Waals surface area contributed by atoms with Crippen molar-refractivity contribution in [2.75, 3.05) is 6.61 Å². The number of amides is 2. The van der Waals surface area contributed by atoms with E-state index in [1.165, 1.54) is 19.1 Å². The summed E-state index contributed by atoms with van der Waals surface area (Å²) in [6.45, 7) is 0.435. The van der Waals surface area contributed by atoms with Crippen LogP contribution in [0.15, 0.2) is 5.10 Å². The van der Waals surface area contributed by atoms with Gasteiger partial charge in [-0.2, -0.15) is 5.10 Å². The summed E-state index contributed by atoms with van der Waals surface area (Å²) >= 11 is 0. The lowest BCUT2D eigenvalue weighted by molar-refractivity contribution is 0.0892. The van der Waals surface area contributed by atoms with Gasteiger partial charge in [0.1, 0.15) is 0 Å². The normalized spacial score (nSPS) is 18.2. The van der Waals surface area contributed by atoms with Crippen molar-refractivity contribution in [1.29, 1.82) is 0 Å². The molecule has 0 unspecified atom stereocenters. The smallest absolute Gasteiger partial charge is 0.332 e. The molecule has 13 heavy (non-hydrogen) atoms. The molecule has 0 saturated heterocycles. The van der Waals surface area contributed by atoms with Gasteiger partial charge in [-0.1, -0.05) is 12.8 Å². The largest absolute Gasteiger partial charge is 0.373 e. The second-order valence-corrected chi connectivity index (χ2v) is 3.03. The van der Waals surface area contributed by atoms with Crippen molar-refractivity contribution in [2.45, 2.75) is 31.8 Å². The fraction of sp³-hybridized carbons (Fsp3) is 0.750. The molecule has 5 heteroatoms. The highest BCUT2D eigenvalue weighted by molar-refractivity contribution is 5.72. The van der Waals surface area contributed by atoms with Gasteiger partial charge in [0.05, 0.1) is 18.9 Å². The number of carbonyl (C=O) groups excluding carboxylic acids is 1. The number of nitrogens with two attached hydrogens (primary N) is 1. The number of urea groups is 1. The monoisotopic (exact) mass is 185 g/mol. The van der Waals surface area contributed by atoms with Crippen LogP contribution in [0, 0.1) is 0 Å². The molecule has 0 aromatic heterocycles. The van der Waals surface area contributed by atoms with Gasteiger partial charge in [0.2, 0.25) is 0 Å². The molecule has 1 saturated carbocycles. The van der Waals surface area contributed by atoms with Crippen LogP contribution in [-0.4, -0.2) is 25.0 Å². The van der Waals surface area contributed by atoms with E-state index in [1.54, 1.807) is 0 Å². The predicted molar refractivity (Wildman–Crippen MR) is 49.4 cm³/mol. The van der Waals surface area contributed by atoms with E-state index in [2.05, 4.69) is 10.5 Å². The number of hydrogen-bond acceptors (Lipinski definition) is 3. The molecule has 0 heterocycles. The van der Waals surface area contributed by atoms with E-state index in [0.29, 0.717) is 12.7 Å². The van der Waals surface area contributed by atoms with Gasteiger partial charge in [-0.15, -0.1) is 0 Å². The lowest BCUT2D eigenvalue weighted by Crippen LogP contribution is -2.24. The van der Waals surface area contributed by atoms with Crippen LogP contribution in [0.4, 0.5) is 4.79 Å². The maximum atomic E-state index is 10.2. The number of nitrogens with zero attached hydrogens (tertiary/aromatic N) is 1. The van der Waals surface area contributed by atoms with E-state index in [-0.39, 0.29) is 0 Å². The molecular weight excluding hydrogens is 170 g/mol. The van der Waals surface area contributed by atoms with Crippen molar-refractivity contribution in [2.24, 2.45) is 10.8 Å². The van der Waals surface area contributed by atoms with Crippen LogP contribution in [0.25, 0.3) is 0 Å². The Balaban J connectivity index is 1.99. The summed E-state index contributed by atoms with van der Waals surface area (Å²) in [5, 5.41) is 3.56. The van der Waals surface area contributed by atoms with Crippen LogP contribution < -0.4 is 11.2 Å². The Morgan fingerprint density at radius 3 is 2.92 bits per heavy atom. The number of carbonyl (C=O) groups is 1. The molecule has 0 aromatic rings. The summed E-state index contributed by atoms with van der Waals surface area (Å²) in [6.07, 6.45) is 6.65. The van der Waals surface area contributed by atoms with E-state index < -0.39 is 6.03 Å². The zero-order valence-electron chi connectivity index (χ0n) is 7.53. The Morgan fingerprint density at radius 2 is 2.31 bits per heavy atom. The van der Waals surface area contributed by atoms with Gasteiger partial charge < -0.3 is 10.5 Å². The molecule has 0 spiro atoms. The van der Waals surface area contributed by atoms with E-state index in [0.717, 1.165) is 12.8 Å². The average molecular weight is 185 g/mol. The Labute approximate surface area is 77.3 Å². The van der Waals surface area contributed by atoms with Crippen molar-refractivity contribution in [3.05, 3.63) is 0 Å². The highest BCUT2D eigenvalue weighted by Crippen LogP contribution is 2.20. The summed E-state index contributed by atoms with van der Waals surface area (Å²) in [7, 11) is 0. The molecule has 1 fully saturated rings. The Kier molecular flexibility index (Phi) is 4.25. The molecular formula is C8H15N3O2. The van der Waals surface area contributed by atoms with Gasteiger partial charge in [-0.05, 0) is 12.8 Å². The third-order valence-electron chi connectivity index (χ3n) is 1.97. The maximum Gasteiger partial charge on any atom is 0.332 e. The predicted octanol–water partition coefficient (Wildman–Crippen LogP) is 0.600. The molecule has 0 atom stereocenters. The van der Waals surface area contributed by atoms with E-state index in [4.69, 9.17) is 10.5 Å². The molecule has 5 nitrogen and oxygen atoms in total. The first-order valence-electron chi connectivity index (χ1n) is 4.47. The lowest BCUT2D eigenvalue weighted by atomic mass is 10.3. The summed E-state index contributed by atoms with van der Waals surface area (Å²) in [5.74, 6) is 0. The highest BCUT2D eigenvalue weighted by atomic mass is 16.5. The molecule has 1 aliphatic rings. The highest BCUT2D eigenvalue weighted by Gasteiger charge is 2.14. The Bertz CT molecular complexity index is 188. The zero-order chi connectivity index (χ0) is 9.52. The summed E-state index contributed by atoms with van der Waals surface area (Å²) in [5.41, 5.74) is 6.89. The van der Waals surface area contributed by atoms with Crippen molar-refractivity contribution in [1.82, 2.24) is 5.43 Å². The molecule has 1 rings (SSSR count). The summed E-state index contributed by atoms with van der Waals surface area (Å²) in [6, 6.07) is -0.655. The van der Waals surface area contributed by atoms with Crippen LogP contribution in [0.1, 0.15) is 25.7 Å². The molecule has 0 radical (unpaired) electrons. The third-order valence-corrected chi connectivity index (χ3v) is 1.97. The molecule has 74 valence electrons. The van der Waals surface area contributed by atoms with Gasteiger partial charge in [-0.25, -0.2) is 10.2 Å². The maximum absolute atomic E-state index is 10.2. The van der Waals surface area contributed by atoms with Gasteiger partial charge in [-0.3, -0.25) is 0 Å². The minimum Gasteiger partial charge on any atom is -0.373 e. The third kappa shape index (κ3) is 4.47. The van der Waals surface area contributed by atoms with Crippen molar-refractivity contribution in [3.8, 4) is 0 Å². The average Bonchev–Trinajstić information content (AvgIpc) is 2.55. The fourth-order valence-electron chi connectivity index (χ4n) is 1.38. The SMILES string of the molecule is NC(=O)NN=CCOC1CCCC1. The van der Waals surface area contributed by atoms with Crippen molar-refractivity contribution in [3.63, 3.8) is 0 Å². The Hall–Kier alpha value is -1.10. The number of hydrogen-bond donors (Lipinski definition) is 2.